The molecule has 1 aromatic heterocycles. The number of rotatable bonds is 3. The van der Waals surface area contributed by atoms with Crippen LogP contribution in [0.4, 0.5) is 4.39 Å². The summed E-state index contributed by atoms with van der Waals surface area (Å²) in [6.07, 6.45) is 1.80. The van der Waals surface area contributed by atoms with Crippen LogP contribution in [0.5, 0.6) is 5.75 Å². The quantitative estimate of drug-likeness (QED) is 0.944. The molecule has 0 fully saturated rings. The van der Waals surface area contributed by atoms with Gasteiger partial charge in [0.25, 0.3) is 0 Å². The molecule has 20 heavy (non-hydrogen) atoms. The fourth-order valence-electron chi connectivity index (χ4n) is 1.95. The van der Waals surface area contributed by atoms with Gasteiger partial charge < -0.3 is 9.84 Å². The molecule has 0 saturated heterocycles. The molecule has 3 rings (SSSR count). The number of carboxylic acid groups (broad SMARTS) is 1. The molecule has 6 heteroatoms. The Morgan fingerprint density at radius 3 is 3.15 bits per heavy atom. The van der Waals surface area contributed by atoms with Gasteiger partial charge in [0.05, 0.1) is 12.1 Å². The first-order valence-corrected chi connectivity index (χ1v) is 6.79. The highest BCUT2D eigenvalue weighted by molar-refractivity contribution is 7.10. The summed E-state index contributed by atoms with van der Waals surface area (Å²) in [6.45, 7) is 0.302. The summed E-state index contributed by atoms with van der Waals surface area (Å²) < 4.78 is 18.6. The second-order valence-electron chi connectivity index (χ2n) is 4.35. The molecule has 1 aliphatic rings. The summed E-state index contributed by atoms with van der Waals surface area (Å²) in [6, 6.07) is 4.37. The van der Waals surface area contributed by atoms with E-state index in [4.69, 9.17) is 9.84 Å². The topological polar surface area (TPSA) is 59.4 Å². The third-order valence-corrected chi connectivity index (χ3v) is 3.81. The number of carboxylic acids is 1. The molecule has 2 heterocycles. The number of ether oxygens (including phenoxy) is 1. The molecule has 0 saturated carbocycles. The molecule has 4 nitrogen and oxygen atoms in total. The molecule has 0 amide bonds. The second kappa shape index (κ2) is 5.05. The van der Waals surface area contributed by atoms with Crippen molar-refractivity contribution < 1.29 is 19.0 Å². The molecule has 0 spiro atoms. The summed E-state index contributed by atoms with van der Waals surface area (Å²) >= 11 is 1.38. The normalized spacial score (nSPS) is 13.3. The average molecular weight is 291 g/mol. The fourth-order valence-corrected chi connectivity index (χ4v) is 2.77. The number of benzene rings is 1. The Bertz CT molecular complexity index is 708. The standard InChI is InChI=1S/C14H10FNO3S/c15-10-2-1-8-3-9(6-19-12(8)4-10)14-16-11(7-20-14)5-13(17)18/h1-4,7H,5-6H2,(H,17,18). The van der Waals surface area contributed by atoms with Gasteiger partial charge in [0.1, 0.15) is 23.2 Å². The van der Waals surface area contributed by atoms with Gasteiger partial charge in [0.15, 0.2) is 0 Å². The highest BCUT2D eigenvalue weighted by atomic mass is 32.1. The van der Waals surface area contributed by atoms with E-state index in [-0.39, 0.29) is 12.2 Å². The number of aliphatic carboxylic acids is 1. The van der Waals surface area contributed by atoms with Gasteiger partial charge in [-0.2, -0.15) is 0 Å². The van der Waals surface area contributed by atoms with Crippen LogP contribution in [0.25, 0.3) is 11.6 Å². The van der Waals surface area contributed by atoms with E-state index in [0.29, 0.717) is 18.1 Å². The lowest BCUT2D eigenvalue weighted by molar-refractivity contribution is -0.136. The first-order chi connectivity index (χ1) is 9.61. The maximum Gasteiger partial charge on any atom is 0.309 e. The van der Waals surface area contributed by atoms with Crippen molar-refractivity contribution >= 4 is 29.0 Å². The van der Waals surface area contributed by atoms with Gasteiger partial charge in [0.2, 0.25) is 0 Å². The zero-order chi connectivity index (χ0) is 14.1. The van der Waals surface area contributed by atoms with Gasteiger partial charge in [-0.3, -0.25) is 4.79 Å². The molecule has 0 radical (unpaired) electrons. The van der Waals surface area contributed by atoms with Crippen LogP contribution in [0.2, 0.25) is 0 Å². The van der Waals surface area contributed by atoms with E-state index in [1.807, 2.05) is 6.08 Å². The Kier molecular flexibility index (Phi) is 3.23. The zero-order valence-electron chi connectivity index (χ0n) is 10.3. The van der Waals surface area contributed by atoms with Crippen molar-refractivity contribution in [1.29, 1.82) is 0 Å². The number of thiazole rings is 1. The smallest absolute Gasteiger partial charge is 0.309 e. The van der Waals surface area contributed by atoms with Crippen LogP contribution in [-0.4, -0.2) is 22.7 Å². The van der Waals surface area contributed by atoms with Crippen LogP contribution in [0.3, 0.4) is 0 Å². The third kappa shape index (κ3) is 2.55. The van der Waals surface area contributed by atoms with Gasteiger partial charge in [-0.05, 0) is 18.2 Å². The Balaban J connectivity index is 1.90. The van der Waals surface area contributed by atoms with E-state index >= 15 is 0 Å². The molecule has 0 aliphatic carbocycles. The van der Waals surface area contributed by atoms with E-state index < -0.39 is 5.97 Å². The molecule has 1 aliphatic heterocycles. The van der Waals surface area contributed by atoms with E-state index in [9.17, 15) is 9.18 Å². The van der Waals surface area contributed by atoms with Crippen molar-refractivity contribution in [2.75, 3.05) is 6.61 Å². The fraction of sp³-hybridized carbons (Fsp3) is 0.143. The number of fused-ring (bicyclic) bond motifs is 1. The second-order valence-corrected chi connectivity index (χ2v) is 5.21. The molecule has 0 atom stereocenters. The van der Waals surface area contributed by atoms with Crippen LogP contribution >= 0.6 is 11.3 Å². The Morgan fingerprint density at radius 1 is 1.50 bits per heavy atom. The number of nitrogens with zero attached hydrogens (tertiary/aromatic N) is 1. The number of halogens is 1. The van der Waals surface area contributed by atoms with Gasteiger partial charge in [-0.15, -0.1) is 11.3 Å². The van der Waals surface area contributed by atoms with E-state index in [2.05, 4.69) is 4.98 Å². The van der Waals surface area contributed by atoms with Crippen LogP contribution in [0.1, 0.15) is 16.3 Å². The number of aromatic nitrogens is 1. The van der Waals surface area contributed by atoms with Crippen molar-refractivity contribution in [3.05, 3.63) is 45.7 Å². The molecule has 102 valence electrons. The van der Waals surface area contributed by atoms with E-state index in [0.717, 1.165) is 16.1 Å². The summed E-state index contributed by atoms with van der Waals surface area (Å²) in [5.74, 6) is -0.730. The van der Waals surface area contributed by atoms with Gasteiger partial charge >= 0.3 is 5.97 Å². The first-order valence-electron chi connectivity index (χ1n) is 5.91. The molecular formula is C14H10FNO3S. The zero-order valence-corrected chi connectivity index (χ0v) is 11.1. The van der Waals surface area contributed by atoms with Crippen LogP contribution < -0.4 is 4.74 Å². The lowest BCUT2D eigenvalue weighted by Gasteiger charge is -2.16. The minimum Gasteiger partial charge on any atom is -0.488 e. The predicted molar refractivity (Wildman–Crippen MR) is 73.2 cm³/mol. The molecular weight excluding hydrogens is 281 g/mol. The summed E-state index contributed by atoms with van der Waals surface area (Å²) in [7, 11) is 0. The van der Waals surface area contributed by atoms with Gasteiger partial charge in [-0.25, -0.2) is 9.37 Å². The van der Waals surface area contributed by atoms with Gasteiger partial charge in [0, 0.05) is 22.6 Å². The maximum atomic E-state index is 13.1. The first kappa shape index (κ1) is 12.8. The summed E-state index contributed by atoms with van der Waals surface area (Å²) in [4.78, 5) is 14.9. The lowest BCUT2D eigenvalue weighted by atomic mass is 10.1. The summed E-state index contributed by atoms with van der Waals surface area (Å²) in [5.41, 5.74) is 2.19. The predicted octanol–water partition coefficient (Wildman–Crippen LogP) is 2.84. The monoisotopic (exact) mass is 291 g/mol. The van der Waals surface area contributed by atoms with Crippen LogP contribution in [-0.2, 0) is 11.2 Å². The van der Waals surface area contributed by atoms with E-state index in [1.165, 1.54) is 23.5 Å². The Labute approximate surface area is 118 Å². The van der Waals surface area contributed by atoms with E-state index in [1.54, 1.807) is 11.4 Å². The SMILES string of the molecule is O=C(O)Cc1csc(C2=Cc3ccc(F)cc3OC2)n1. The molecule has 1 N–H and O–H groups in total. The number of carbonyl (C=O) groups is 1. The van der Waals surface area contributed by atoms with Crippen molar-refractivity contribution in [3.8, 4) is 5.75 Å². The van der Waals surface area contributed by atoms with Crippen molar-refractivity contribution in [1.82, 2.24) is 4.98 Å². The van der Waals surface area contributed by atoms with Crippen molar-refractivity contribution in [3.63, 3.8) is 0 Å². The lowest BCUT2D eigenvalue weighted by Crippen LogP contribution is -2.07. The minimum absolute atomic E-state index is 0.0908. The van der Waals surface area contributed by atoms with Crippen LogP contribution in [0.15, 0.2) is 23.6 Å². The Hall–Kier alpha value is -2.21. The third-order valence-electron chi connectivity index (χ3n) is 2.85. The average Bonchev–Trinajstić information content (AvgIpc) is 2.85. The minimum atomic E-state index is -0.906. The van der Waals surface area contributed by atoms with Crippen molar-refractivity contribution in [2.45, 2.75) is 6.42 Å². The number of hydrogen-bond acceptors (Lipinski definition) is 4. The number of hydrogen-bond donors (Lipinski definition) is 1. The Morgan fingerprint density at radius 2 is 2.35 bits per heavy atom. The molecule has 0 bridgehead atoms. The largest absolute Gasteiger partial charge is 0.488 e. The maximum absolute atomic E-state index is 13.1. The molecule has 0 unspecified atom stereocenters. The van der Waals surface area contributed by atoms with Crippen LogP contribution in [0, 0.1) is 5.82 Å². The summed E-state index contributed by atoms with van der Waals surface area (Å²) in [5, 5.41) is 11.2. The highest BCUT2D eigenvalue weighted by Crippen LogP contribution is 2.32. The van der Waals surface area contributed by atoms with Crippen molar-refractivity contribution in [2.24, 2.45) is 0 Å². The van der Waals surface area contributed by atoms with Gasteiger partial charge in [-0.1, -0.05) is 0 Å². The molecule has 1 aromatic carbocycles. The highest BCUT2D eigenvalue weighted by Gasteiger charge is 2.16. The molecule has 2 aromatic rings.